The third-order valence-electron chi connectivity index (χ3n) is 4.10. The molecule has 2 heterocycles. The standard InChI is InChI=1S/C12H15ClN4S/c13-11-10(4-14)18-12(16-11)17-5-7-2-1-3-9(15)8(7)6-17/h7-9H,1-3,5-6,15H2. The number of hydrogen-bond donors (Lipinski definition) is 1. The minimum absolute atomic E-state index is 0.319. The fourth-order valence-corrected chi connectivity index (χ4v) is 4.23. The van der Waals surface area contributed by atoms with E-state index in [1.54, 1.807) is 0 Å². The van der Waals surface area contributed by atoms with Crippen LogP contribution in [0.15, 0.2) is 0 Å². The van der Waals surface area contributed by atoms with Gasteiger partial charge in [0.15, 0.2) is 10.3 Å². The Morgan fingerprint density at radius 2 is 2.28 bits per heavy atom. The first-order chi connectivity index (χ1) is 8.69. The van der Waals surface area contributed by atoms with Crippen molar-refractivity contribution in [2.75, 3.05) is 18.0 Å². The molecular weight excluding hydrogens is 268 g/mol. The van der Waals surface area contributed by atoms with E-state index in [-0.39, 0.29) is 0 Å². The van der Waals surface area contributed by atoms with Crippen LogP contribution in [0.2, 0.25) is 5.15 Å². The van der Waals surface area contributed by atoms with Gasteiger partial charge in [-0.1, -0.05) is 29.4 Å². The molecule has 0 amide bonds. The number of nitriles is 1. The molecule has 3 atom stereocenters. The van der Waals surface area contributed by atoms with Crippen molar-refractivity contribution in [3.63, 3.8) is 0 Å². The fraction of sp³-hybridized carbons (Fsp3) is 0.667. The normalized spacial score (nSPS) is 31.2. The Bertz CT molecular complexity index is 495. The molecule has 1 saturated heterocycles. The molecule has 96 valence electrons. The molecule has 1 saturated carbocycles. The summed E-state index contributed by atoms with van der Waals surface area (Å²) in [5.74, 6) is 1.26. The minimum atomic E-state index is 0.319. The van der Waals surface area contributed by atoms with Gasteiger partial charge >= 0.3 is 0 Å². The summed E-state index contributed by atoms with van der Waals surface area (Å²) in [5, 5.41) is 10.1. The summed E-state index contributed by atoms with van der Waals surface area (Å²) in [5.41, 5.74) is 6.20. The summed E-state index contributed by atoms with van der Waals surface area (Å²) in [6.45, 7) is 1.97. The van der Waals surface area contributed by atoms with E-state index in [4.69, 9.17) is 22.6 Å². The number of aromatic nitrogens is 1. The van der Waals surface area contributed by atoms with Crippen LogP contribution < -0.4 is 10.6 Å². The highest BCUT2D eigenvalue weighted by Gasteiger charge is 2.39. The van der Waals surface area contributed by atoms with Gasteiger partial charge in [0.1, 0.15) is 10.9 Å². The molecule has 2 fully saturated rings. The van der Waals surface area contributed by atoms with Gasteiger partial charge in [-0.05, 0) is 24.7 Å². The molecule has 0 spiro atoms. The van der Waals surface area contributed by atoms with Crippen molar-refractivity contribution in [3.8, 4) is 6.07 Å². The second-order valence-electron chi connectivity index (χ2n) is 5.15. The molecule has 1 aliphatic carbocycles. The largest absolute Gasteiger partial charge is 0.347 e. The van der Waals surface area contributed by atoms with E-state index in [0.717, 1.165) is 24.6 Å². The SMILES string of the molecule is N#Cc1sc(N2CC3CCCC(N)C3C2)nc1Cl. The minimum Gasteiger partial charge on any atom is -0.347 e. The van der Waals surface area contributed by atoms with Gasteiger partial charge in [0.05, 0.1) is 0 Å². The Morgan fingerprint density at radius 1 is 1.44 bits per heavy atom. The van der Waals surface area contributed by atoms with E-state index in [2.05, 4.69) is 16.0 Å². The molecule has 3 rings (SSSR count). The molecule has 0 radical (unpaired) electrons. The van der Waals surface area contributed by atoms with Crippen molar-refractivity contribution in [1.29, 1.82) is 5.26 Å². The number of fused-ring (bicyclic) bond motifs is 1. The van der Waals surface area contributed by atoms with Gasteiger partial charge in [-0.25, -0.2) is 4.98 Å². The van der Waals surface area contributed by atoms with Crippen LogP contribution in [0, 0.1) is 23.2 Å². The first-order valence-corrected chi connectivity index (χ1v) is 7.45. The number of hydrogen-bond acceptors (Lipinski definition) is 5. The smallest absolute Gasteiger partial charge is 0.188 e. The molecular formula is C12H15ClN4S. The number of nitrogens with two attached hydrogens (primary N) is 1. The number of halogens is 1. The first kappa shape index (κ1) is 12.2. The van der Waals surface area contributed by atoms with E-state index < -0.39 is 0 Å². The second kappa shape index (κ2) is 4.69. The highest BCUT2D eigenvalue weighted by molar-refractivity contribution is 7.16. The summed E-state index contributed by atoms with van der Waals surface area (Å²) < 4.78 is 0. The van der Waals surface area contributed by atoms with Crippen molar-refractivity contribution in [3.05, 3.63) is 10.0 Å². The second-order valence-corrected chi connectivity index (χ2v) is 6.49. The Hall–Kier alpha value is -0.830. The van der Waals surface area contributed by atoms with Crippen molar-refractivity contribution in [2.24, 2.45) is 17.6 Å². The van der Waals surface area contributed by atoms with E-state index in [1.807, 2.05) is 0 Å². The predicted molar refractivity (Wildman–Crippen MR) is 72.9 cm³/mol. The average molecular weight is 283 g/mol. The summed E-state index contributed by atoms with van der Waals surface area (Å²) in [6.07, 6.45) is 3.63. The monoisotopic (exact) mass is 282 g/mol. The summed E-state index contributed by atoms with van der Waals surface area (Å²) in [4.78, 5) is 7.05. The van der Waals surface area contributed by atoms with Gasteiger partial charge in [-0.15, -0.1) is 0 Å². The molecule has 0 bridgehead atoms. The molecule has 6 heteroatoms. The molecule has 4 nitrogen and oxygen atoms in total. The van der Waals surface area contributed by atoms with E-state index >= 15 is 0 Å². The maximum absolute atomic E-state index is 8.92. The van der Waals surface area contributed by atoms with Crippen LogP contribution in [0.3, 0.4) is 0 Å². The Kier molecular flexibility index (Phi) is 3.18. The zero-order chi connectivity index (χ0) is 12.7. The fourth-order valence-electron chi connectivity index (χ4n) is 3.17. The van der Waals surface area contributed by atoms with Crippen LogP contribution in [0.5, 0.6) is 0 Å². The van der Waals surface area contributed by atoms with Gasteiger partial charge in [0, 0.05) is 19.1 Å². The summed E-state index contributed by atoms with van der Waals surface area (Å²) in [7, 11) is 0. The first-order valence-electron chi connectivity index (χ1n) is 6.26. The van der Waals surface area contributed by atoms with E-state index in [9.17, 15) is 0 Å². The van der Waals surface area contributed by atoms with Gasteiger partial charge in [0.25, 0.3) is 0 Å². The third-order valence-corrected chi connectivity index (χ3v) is 5.51. The number of nitrogens with zero attached hydrogens (tertiary/aromatic N) is 3. The van der Waals surface area contributed by atoms with Crippen LogP contribution in [-0.4, -0.2) is 24.1 Å². The number of anilines is 1. The highest BCUT2D eigenvalue weighted by Crippen LogP contribution is 2.39. The van der Waals surface area contributed by atoms with E-state index in [0.29, 0.717) is 27.9 Å². The van der Waals surface area contributed by atoms with Crippen molar-refractivity contribution in [2.45, 2.75) is 25.3 Å². The zero-order valence-corrected chi connectivity index (χ0v) is 11.5. The van der Waals surface area contributed by atoms with Gasteiger partial charge in [-0.2, -0.15) is 5.26 Å². The van der Waals surface area contributed by atoms with Crippen molar-refractivity contribution < 1.29 is 0 Å². The molecule has 18 heavy (non-hydrogen) atoms. The lowest BCUT2D eigenvalue weighted by molar-refractivity contribution is 0.260. The zero-order valence-electron chi connectivity index (χ0n) is 9.97. The van der Waals surface area contributed by atoms with Crippen LogP contribution in [-0.2, 0) is 0 Å². The molecule has 2 aliphatic rings. The average Bonchev–Trinajstić information content (AvgIpc) is 2.93. The predicted octanol–water partition coefficient (Wildman–Crippen LogP) is 2.23. The maximum atomic E-state index is 8.92. The van der Waals surface area contributed by atoms with Gasteiger partial charge in [-0.3, -0.25) is 0 Å². The Labute approximate surface area is 115 Å². The van der Waals surface area contributed by atoms with Gasteiger partial charge < -0.3 is 10.6 Å². The Balaban J connectivity index is 1.80. The summed E-state index contributed by atoms with van der Waals surface area (Å²) in [6, 6.07) is 2.40. The Morgan fingerprint density at radius 3 is 2.94 bits per heavy atom. The number of thiazole rings is 1. The lowest BCUT2D eigenvalue weighted by atomic mass is 9.78. The topological polar surface area (TPSA) is 65.9 Å². The van der Waals surface area contributed by atoms with Crippen LogP contribution in [0.1, 0.15) is 24.1 Å². The molecule has 2 N–H and O–H groups in total. The van der Waals surface area contributed by atoms with Crippen LogP contribution in [0.4, 0.5) is 5.13 Å². The van der Waals surface area contributed by atoms with Crippen LogP contribution in [0.25, 0.3) is 0 Å². The number of rotatable bonds is 1. The van der Waals surface area contributed by atoms with Crippen LogP contribution >= 0.6 is 22.9 Å². The molecule has 1 aromatic heterocycles. The highest BCUT2D eigenvalue weighted by atomic mass is 35.5. The van der Waals surface area contributed by atoms with E-state index in [1.165, 1.54) is 24.2 Å². The van der Waals surface area contributed by atoms with Crippen molar-refractivity contribution >= 4 is 28.1 Å². The lowest BCUT2D eigenvalue weighted by Crippen LogP contribution is -2.38. The van der Waals surface area contributed by atoms with Gasteiger partial charge in [0.2, 0.25) is 0 Å². The quantitative estimate of drug-likeness (QED) is 0.858. The molecule has 3 unspecified atom stereocenters. The molecule has 0 aromatic carbocycles. The summed E-state index contributed by atoms with van der Waals surface area (Å²) >= 11 is 7.31. The lowest BCUT2D eigenvalue weighted by Gasteiger charge is -2.29. The van der Waals surface area contributed by atoms with Crippen molar-refractivity contribution in [1.82, 2.24) is 4.98 Å². The maximum Gasteiger partial charge on any atom is 0.188 e. The third kappa shape index (κ3) is 1.99. The molecule has 1 aromatic rings. The molecule has 1 aliphatic heterocycles.